The summed E-state index contributed by atoms with van der Waals surface area (Å²) < 4.78 is 13.4. The van der Waals surface area contributed by atoms with Gasteiger partial charge in [-0.15, -0.1) is 0 Å². The minimum Gasteiger partial charge on any atom is -0.479 e. The van der Waals surface area contributed by atoms with E-state index in [1.54, 1.807) is 19.9 Å². The third kappa shape index (κ3) is 2.28. The van der Waals surface area contributed by atoms with Gasteiger partial charge in [0.05, 0.1) is 0 Å². The molecular weight excluding hydrogens is 261 g/mol. The van der Waals surface area contributed by atoms with Gasteiger partial charge in [-0.05, 0) is 49.9 Å². The van der Waals surface area contributed by atoms with Crippen molar-refractivity contribution in [3.63, 3.8) is 0 Å². The Morgan fingerprint density at radius 1 is 1.40 bits per heavy atom. The molecule has 1 saturated heterocycles. The first kappa shape index (κ1) is 14.5. The molecule has 1 aromatic carbocycles. The van der Waals surface area contributed by atoms with Crippen LogP contribution in [0.4, 0.5) is 4.39 Å². The van der Waals surface area contributed by atoms with E-state index in [4.69, 9.17) is 0 Å². The molecule has 108 valence electrons. The average molecular weight is 279 g/mol. The number of likely N-dealkylation sites (tertiary alicyclic amines) is 1. The Bertz CT molecular complexity index is 538. The monoisotopic (exact) mass is 279 g/mol. The Balaban J connectivity index is 2.39. The maximum atomic E-state index is 13.4. The normalized spacial score (nSPS) is 22.1. The van der Waals surface area contributed by atoms with Gasteiger partial charge in [-0.2, -0.15) is 0 Å². The second-order valence-electron chi connectivity index (χ2n) is 5.27. The number of rotatable bonds is 3. The summed E-state index contributed by atoms with van der Waals surface area (Å²) in [4.78, 5) is 25.5. The third-order valence-electron chi connectivity index (χ3n) is 4.01. The summed E-state index contributed by atoms with van der Waals surface area (Å²) in [6.45, 7) is 3.86. The van der Waals surface area contributed by atoms with E-state index < -0.39 is 23.2 Å². The van der Waals surface area contributed by atoms with Crippen molar-refractivity contribution in [2.75, 3.05) is 6.54 Å². The molecule has 0 bridgehead atoms. The van der Waals surface area contributed by atoms with Gasteiger partial charge in [0, 0.05) is 12.1 Å². The van der Waals surface area contributed by atoms with E-state index >= 15 is 0 Å². The number of halogens is 1. The zero-order chi connectivity index (χ0) is 14.9. The molecule has 5 heteroatoms. The van der Waals surface area contributed by atoms with Crippen molar-refractivity contribution in [2.45, 2.75) is 38.6 Å². The number of aliphatic carboxylic acids is 1. The van der Waals surface area contributed by atoms with Crippen LogP contribution in [0.5, 0.6) is 0 Å². The average Bonchev–Trinajstić information content (AvgIpc) is 2.81. The number of carbonyl (C=O) groups is 2. The van der Waals surface area contributed by atoms with E-state index in [0.717, 1.165) is 6.07 Å². The molecule has 1 aliphatic heterocycles. The molecule has 1 amide bonds. The Morgan fingerprint density at radius 3 is 2.65 bits per heavy atom. The molecule has 20 heavy (non-hydrogen) atoms. The lowest BCUT2D eigenvalue weighted by Crippen LogP contribution is -2.52. The number of carbonyl (C=O) groups excluding carboxylic acids is 1. The molecule has 1 aromatic rings. The fourth-order valence-electron chi connectivity index (χ4n) is 2.93. The number of nitrogens with zero attached hydrogens (tertiary/aromatic N) is 1. The number of amides is 1. The smallest absolute Gasteiger partial charge is 0.329 e. The predicted molar refractivity (Wildman–Crippen MR) is 72.1 cm³/mol. The van der Waals surface area contributed by atoms with Gasteiger partial charge in [0.1, 0.15) is 11.4 Å². The van der Waals surface area contributed by atoms with E-state index in [1.807, 2.05) is 0 Å². The van der Waals surface area contributed by atoms with E-state index in [1.165, 1.54) is 11.0 Å². The summed E-state index contributed by atoms with van der Waals surface area (Å²) in [6.07, 6.45) is 1.45. The molecule has 1 fully saturated rings. The van der Waals surface area contributed by atoms with Crippen LogP contribution in [-0.4, -0.2) is 34.0 Å². The molecule has 0 aromatic heterocycles. The number of carboxylic acid groups (broad SMARTS) is 1. The van der Waals surface area contributed by atoms with Crippen molar-refractivity contribution >= 4 is 11.9 Å². The summed E-state index contributed by atoms with van der Waals surface area (Å²) in [6, 6.07) is 4.09. The van der Waals surface area contributed by atoms with Crippen molar-refractivity contribution in [2.24, 2.45) is 0 Å². The van der Waals surface area contributed by atoms with Gasteiger partial charge in [-0.25, -0.2) is 9.18 Å². The van der Waals surface area contributed by atoms with Crippen molar-refractivity contribution < 1.29 is 19.1 Å². The summed E-state index contributed by atoms with van der Waals surface area (Å²) in [5.41, 5.74) is -0.300. The molecule has 1 aliphatic rings. The lowest BCUT2D eigenvalue weighted by atomic mass is 9.92. The molecule has 1 heterocycles. The second kappa shape index (κ2) is 5.23. The Morgan fingerprint density at radius 2 is 2.10 bits per heavy atom. The minimum absolute atomic E-state index is 0.212. The van der Waals surface area contributed by atoms with Gasteiger partial charge >= 0.3 is 5.97 Å². The third-order valence-corrected chi connectivity index (χ3v) is 4.01. The van der Waals surface area contributed by atoms with Crippen LogP contribution in [0.25, 0.3) is 0 Å². The number of benzene rings is 1. The van der Waals surface area contributed by atoms with Crippen molar-refractivity contribution in [3.05, 3.63) is 35.1 Å². The molecule has 1 unspecified atom stereocenters. The maximum absolute atomic E-state index is 13.4. The van der Waals surface area contributed by atoms with E-state index in [0.29, 0.717) is 31.4 Å². The van der Waals surface area contributed by atoms with Crippen molar-refractivity contribution in [1.29, 1.82) is 0 Å². The number of hydrogen-bond donors (Lipinski definition) is 1. The highest BCUT2D eigenvalue weighted by atomic mass is 19.1. The molecule has 1 N–H and O–H groups in total. The van der Waals surface area contributed by atoms with Gasteiger partial charge < -0.3 is 10.0 Å². The lowest BCUT2D eigenvalue weighted by Gasteiger charge is -2.34. The van der Waals surface area contributed by atoms with Crippen LogP contribution in [0.3, 0.4) is 0 Å². The van der Waals surface area contributed by atoms with Crippen LogP contribution in [0.2, 0.25) is 0 Å². The van der Waals surface area contributed by atoms with Gasteiger partial charge in [0.2, 0.25) is 0 Å². The van der Waals surface area contributed by atoms with E-state index in [2.05, 4.69) is 0 Å². The van der Waals surface area contributed by atoms with Crippen LogP contribution in [-0.2, 0) is 4.79 Å². The van der Waals surface area contributed by atoms with Gasteiger partial charge in [-0.3, -0.25) is 4.79 Å². The topological polar surface area (TPSA) is 57.6 Å². The molecule has 0 saturated carbocycles. The fourth-order valence-corrected chi connectivity index (χ4v) is 2.93. The molecular formula is C15H18FNO3. The van der Waals surface area contributed by atoms with Crippen LogP contribution < -0.4 is 0 Å². The van der Waals surface area contributed by atoms with Crippen LogP contribution in [0.15, 0.2) is 18.2 Å². The molecule has 4 nitrogen and oxygen atoms in total. The van der Waals surface area contributed by atoms with Crippen molar-refractivity contribution in [3.8, 4) is 0 Å². The minimum atomic E-state index is -1.16. The molecule has 1 atom stereocenters. The summed E-state index contributed by atoms with van der Waals surface area (Å²) in [7, 11) is 0. The van der Waals surface area contributed by atoms with Crippen LogP contribution in [0.1, 0.15) is 42.1 Å². The van der Waals surface area contributed by atoms with Crippen LogP contribution >= 0.6 is 0 Å². The molecule has 0 aliphatic carbocycles. The number of carboxylic acids is 1. The summed E-state index contributed by atoms with van der Waals surface area (Å²) >= 11 is 0. The first-order valence-corrected chi connectivity index (χ1v) is 6.73. The Labute approximate surface area is 117 Å². The maximum Gasteiger partial charge on any atom is 0.329 e. The standard InChI is InChI=1S/C15H18FNO3/c1-3-15(14(19)20)5-4-6-17(15)13(18)11-7-10(2)8-12(16)9-11/h7-9H,3-6H2,1-2H3,(H,19,20). The highest BCUT2D eigenvalue weighted by molar-refractivity contribution is 5.98. The van der Waals surface area contributed by atoms with Crippen LogP contribution in [0, 0.1) is 12.7 Å². The zero-order valence-electron chi connectivity index (χ0n) is 11.6. The summed E-state index contributed by atoms with van der Waals surface area (Å²) in [5, 5.41) is 9.47. The van der Waals surface area contributed by atoms with Gasteiger partial charge in [-0.1, -0.05) is 6.92 Å². The Hall–Kier alpha value is -1.91. The van der Waals surface area contributed by atoms with E-state index in [-0.39, 0.29) is 5.56 Å². The zero-order valence-corrected chi connectivity index (χ0v) is 11.6. The highest BCUT2D eigenvalue weighted by Gasteiger charge is 2.48. The number of hydrogen-bond acceptors (Lipinski definition) is 2. The Kier molecular flexibility index (Phi) is 3.79. The lowest BCUT2D eigenvalue weighted by molar-refractivity contribution is -0.148. The quantitative estimate of drug-likeness (QED) is 0.925. The first-order chi connectivity index (χ1) is 9.40. The van der Waals surface area contributed by atoms with E-state index in [9.17, 15) is 19.1 Å². The highest BCUT2D eigenvalue weighted by Crippen LogP contribution is 2.34. The SMILES string of the molecule is CCC1(C(=O)O)CCCN1C(=O)c1cc(C)cc(F)c1. The second-order valence-corrected chi connectivity index (χ2v) is 5.27. The fraction of sp³-hybridized carbons (Fsp3) is 0.467. The predicted octanol–water partition coefficient (Wildman–Crippen LogP) is 2.60. The van der Waals surface area contributed by atoms with Gasteiger partial charge in [0.25, 0.3) is 5.91 Å². The van der Waals surface area contributed by atoms with Gasteiger partial charge in [0.15, 0.2) is 0 Å². The first-order valence-electron chi connectivity index (χ1n) is 6.73. The molecule has 2 rings (SSSR count). The number of aryl methyl sites for hydroxylation is 1. The molecule has 0 radical (unpaired) electrons. The largest absolute Gasteiger partial charge is 0.479 e. The summed E-state index contributed by atoms with van der Waals surface area (Å²) in [5.74, 6) is -1.88. The molecule has 0 spiro atoms. The van der Waals surface area contributed by atoms with Crippen molar-refractivity contribution in [1.82, 2.24) is 4.90 Å².